The number of imidazole rings is 1. The van der Waals surface area contributed by atoms with E-state index in [2.05, 4.69) is 40.7 Å². The SMILES string of the molecule is Cc1cccc(-c2ncc3n2CC(N)CC3)c1. The van der Waals surface area contributed by atoms with Gasteiger partial charge >= 0.3 is 0 Å². The van der Waals surface area contributed by atoms with Crippen LogP contribution in [0.15, 0.2) is 30.5 Å². The van der Waals surface area contributed by atoms with Gasteiger partial charge in [-0.25, -0.2) is 4.98 Å². The molecule has 1 aliphatic heterocycles. The second-order valence-corrected chi connectivity index (χ2v) is 4.85. The Kier molecular flexibility index (Phi) is 2.48. The van der Waals surface area contributed by atoms with Crippen LogP contribution in [0.1, 0.15) is 17.7 Å². The Balaban J connectivity index is 2.07. The van der Waals surface area contributed by atoms with E-state index < -0.39 is 0 Å². The van der Waals surface area contributed by atoms with Crippen molar-refractivity contribution in [1.29, 1.82) is 0 Å². The van der Waals surface area contributed by atoms with E-state index in [9.17, 15) is 0 Å². The first kappa shape index (κ1) is 10.5. The van der Waals surface area contributed by atoms with Crippen molar-refractivity contribution in [1.82, 2.24) is 9.55 Å². The molecule has 1 aliphatic rings. The fourth-order valence-electron chi connectivity index (χ4n) is 2.49. The summed E-state index contributed by atoms with van der Waals surface area (Å²) in [5, 5.41) is 0. The topological polar surface area (TPSA) is 43.8 Å². The largest absolute Gasteiger partial charge is 0.327 e. The van der Waals surface area contributed by atoms with E-state index in [0.717, 1.165) is 25.2 Å². The van der Waals surface area contributed by atoms with E-state index in [4.69, 9.17) is 5.73 Å². The minimum atomic E-state index is 0.264. The van der Waals surface area contributed by atoms with Crippen LogP contribution in [0.2, 0.25) is 0 Å². The molecule has 0 saturated heterocycles. The van der Waals surface area contributed by atoms with Crippen molar-refractivity contribution >= 4 is 0 Å². The van der Waals surface area contributed by atoms with E-state index >= 15 is 0 Å². The highest BCUT2D eigenvalue weighted by Gasteiger charge is 2.19. The van der Waals surface area contributed by atoms with Gasteiger partial charge < -0.3 is 10.3 Å². The molecule has 0 saturated carbocycles. The average molecular weight is 227 g/mol. The minimum Gasteiger partial charge on any atom is -0.327 e. The lowest BCUT2D eigenvalue weighted by molar-refractivity contribution is 0.463. The number of aryl methyl sites for hydroxylation is 2. The predicted molar refractivity (Wildman–Crippen MR) is 68.7 cm³/mol. The number of aromatic nitrogens is 2. The first-order valence-electron chi connectivity index (χ1n) is 6.11. The minimum absolute atomic E-state index is 0.264. The van der Waals surface area contributed by atoms with Crippen molar-refractivity contribution in [2.45, 2.75) is 32.4 Å². The zero-order valence-corrected chi connectivity index (χ0v) is 10.1. The molecule has 0 fully saturated rings. The number of hydrogen-bond acceptors (Lipinski definition) is 2. The second-order valence-electron chi connectivity index (χ2n) is 4.85. The molecule has 2 N–H and O–H groups in total. The molecule has 88 valence electrons. The van der Waals surface area contributed by atoms with Gasteiger partial charge in [0.2, 0.25) is 0 Å². The lowest BCUT2D eigenvalue weighted by Crippen LogP contribution is -2.31. The Labute approximate surface area is 101 Å². The highest BCUT2D eigenvalue weighted by molar-refractivity contribution is 5.57. The fraction of sp³-hybridized carbons (Fsp3) is 0.357. The molecule has 0 spiro atoms. The number of rotatable bonds is 1. The van der Waals surface area contributed by atoms with Gasteiger partial charge in [0.1, 0.15) is 5.82 Å². The fourth-order valence-corrected chi connectivity index (χ4v) is 2.49. The summed E-state index contributed by atoms with van der Waals surface area (Å²) in [5.74, 6) is 1.05. The normalized spacial score (nSPS) is 19.1. The van der Waals surface area contributed by atoms with Crippen molar-refractivity contribution in [2.24, 2.45) is 5.73 Å². The molecule has 1 atom stereocenters. The van der Waals surface area contributed by atoms with Crippen LogP contribution >= 0.6 is 0 Å². The van der Waals surface area contributed by atoms with E-state index in [0.29, 0.717) is 0 Å². The molecular weight excluding hydrogens is 210 g/mol. The Bertz CT molecular complexity index is 542. The zero-order valence-electron chi connectivity index (χ0n) is 10.1. The van der Waals surface area contributed by atoms with Crippen LogP contribution < -0.4 is 5.73 Å². The van der Waals surface area contributed by atoms with Gasteiger partial charge in [0.05, 0.1) is 0 Å². The van der Waals surface area contributed by atoms with E-state index in [-0.39, 0.29) is 6.04 Å². The summed E-state index contributed by atoms with van der Waals surface area (Å²) in [6.07, 6.45) is 4.10. The van der Waals surface area contributed by atoms with Crippen molar-refractivity contribution < 1.29 is 0 Å². The molecule has 3 rings (SSSR count). The molecule has 0 aliphatic carbocycles. The molecule has 1 aromatic carbocycles. The summed E-state index contributed by atoms with van der Waals surface area (Å²) in [6, 6.07) is 8.74. The van der Waals surface area contributed by atoms with Crippen LogP contribution in [0.5, 0.6) is 0 Å². The number of benzene rings is 1. The average Bonchev–Trinajstić information content (AvgIpc) is 2.71. The van der Waals surface area contributed by atoms with Crippen LogP contribution in [0.4, 0.5) is 0 Å². The Morgan fingerprint density at radius 1 is 1.41 bits per heavy atom. The Hall–Kier alpha value is -1.61. The molecule has 1 unspecified atom stereocenters. The van der Waals surface area contributed by atoms with Crippen molar-refractivity contribution in [3.05, 3.63) is 41.7 Å². The highest BCUT2D eigenvalue weighted by Crippen LogP contribution is 2.24. The van der Waals surface area contributed by atoms with Gasteiger partial charge in [-0.15, -0.1) is 0 Å². The van der Waals surface area contributed by atoms with Crippen LogP contribution in [0.25, 0.3) is 11.4 Å². The third-order valence-corrected chi connectivity index (χ3v) is 3.40. The first-order chi connectivity index (χ1) is 8.24. The van der Waals surface area contributed by atoms with Crippen LogP contribution in [0, 0.1) is 6.92 Å². The third-order valence-electron chi connectivity index (χ3n) is 3.40. The quantitative estimate of drug-likeness (QED) is 0.811. The first-order valence-corrected chi connectivity index (χ1v) is 6.11. The van der Waals surface area contributed by atoms with Gasteiger partial charge in [-0.1, -0.05) is 23.8 Å². The lowest BCUT2D eigenvalue weighted by atomic mass is 10.1. The van der Waals surface area contributed by atoms with E-state index in [1.54, 1.807) is 0 Å². The Morgan fingerprint density at radius 2 is 2.29 bits per heavy atom. The lowest BCUT2D eigenvalue weighted by Gasteiger charge is -2.22. The maximum absolute atomic E-state index is 6.04. The monoisotopic (exact) mass is 227 g/mol. The molecule has 1 aromatic heterocycles. The molecule has 3 nitrogen and oxygen atoms in total. The predicted octanol–water partition coefficient (Wildman–Crippen LogP) is 2.13. The maximum Gasteiger partial charge on any atom is 0.140 e. The summed E-state index contributed by atoms with van der Waals surface area (Å²) < 4.78 is 2.27. The highest BCUT2D eigenvalue weighted by atomic mass is 15.1. The Morgan fingerprint density at radius 3 is 3.12 bits per heavy atom. The summed E-state index contributed by atoms with van der Waals surface area (Å²) >= 11 is 0. The van der Waals surface area contributed by atoms with Gasteiger partial charge in [0, 0.05) is 30.0 Å². The number of nitrogens with two attached hydrogens (primary N) is 1. The second kappa shape index (κ2) is 4.00. The summed E-state index contributed by atoms with van der Waals surface area (Å²) in [5.41, 5.74) is 9.79. The molecule has 0 amide bonds. The van der Waals surface area contributed by atoms with E-state index in [1.807, 2.05) is 6.20 Å². The van der Waals surface area contributed by atoms with Gasteiger partial charge in [-0.2, -0.15) is 0 Å². The van der Waals surface area contributed by atoms with Gasteiger partial charge in [-0.3, -0.25) is 0 Å². The van der Waals surface area contributed by atoms with Gasteiger partial charge in [0.25, 0.3) is 0 Å². The van der Waals surface area contributed by atoms with Gasteiger partial charge in [0.15, 0.2) is 0 Å². The molecule has 0 bridgehead atoms. The van der Waals surface area contributed by atoms with Crippen molar-refractivity contribution in [2.75, 3.05) is 0 Å². The number of hydrogen-bond donors (Lipinski definition) is 1. The molecule has 3 heteroatoms. The third kappa shape index (κ3) is 1.87. The molecule has 2 aromatic rings. The van der Waals surface area contributed by atoms with Crippen LogP contribution in [-0.4, -0.2) is 15.6 Å². The number of nitrogens with zero attached hydrogens (tertiary/aromatic N) is 2. The molecule has 17 heavy (non-hydrogen) atoms. The molecular formula is C14H17N3. The van der Waals surface area contributed by atoms with E-state index in [1.165, 1.54) is 16.8 Å². The summed E-state index contributed by atoms with van der Waals surface area (Å²) in [4.78, 5) is 4.55. The van der Waals surface area contributed by atoms with Crippen molar-refractivity contribution in [3.8, 4) is 11.4 Å². The maximum atomic E-state index is 6.04. The molecule has 2 heterocycles. The molecule has 0 radical (unpaired) electrons. The zero-order chi connectivity index (χ0) is 11.8. The summed E-state index contributed by atoms with van der Waals surface area (Å²) in [7, 11) is 0. The summed E-state index contributed by atoms with van der Waals surface area (Å²) in [6.45, 7) is 2.99. The van der Waals surface area contributed by atoms with Crippen LogP contribution in [0.3, 0.4) is 0 Å². The van der Waals surface area contributed by atoms with Crippen LogP contribution in [-0.2, 0) is 13.0 Å². The standard InChI is InChI=1S/C14H17N3/c1-10-3-2-4-11(7-10)14-16-8-13-6-5-12(15)9-17(13)14/h2-4,7-8,12H,5-6,9,15H2,1H3. The van der Waals surface area contributed by atoms with Crippen molar-refractivity contribution in [3.63, 3.8) is 0 Å². The van der Waals surface area contributed by atoms with Gasteiger partial charge in [-0.05, 0) is 25.8 Å². The number of fused-ring (bicyclic) bond motifs is 1. The smallest absolute Gasteiger partial charge is 0.140 e.